The van der Waals surface area contributed by atoms with E-state index >= 15 is 0 Å². The van der Waals surface area contributed by atoms with E-state index in [-0.39, 0.29) is 181 Å². The second kappa shape index (κ2) is 31.5. The normalized spacial score (nSPS) is 28.0. The number of nitrogens with two attached hydrogens (primary N) is 1. The van der Waals surface area contributed by atoms with Crippen LogP contribution in [0.2, 0.25) is 0 Å². The second-order valence-electron chi connectivity index (χ2n) is 10.1. The van der Waals surface area contributed by atoms with Gasteiger partial charge < -0.3 is 77.2 Å². The molecular weight excluding hydrogens is 927 g/mol. The van der Waals surface area contributed by atoms with E-state index < -0.39 is 122 Å². The third-order valence-electron chi connectivity index (χ3n) is 6.35. The number of carboxylic acid groups (broad SMARTS) is 1. The summed E-state index contributed by atoms with van der Waals surface area (Å²) in [6.07, 6.45) is -23.5. The average molecular weight is 961 g/mol. The maximum atomic E-state index is 12.1. The molecule has 308 valence electrons. The Hall–Kier alpha value is 3.55. The molecule has 37 heteroatoms. The van der Waals surface area contributed by atoms with Crippen LogP contribution in [-0.2, 0) is 92.0 Å². The molecule has 5 N–H and O–H groups in total. The molecule has 0 aromatic rings. The largest absolute Gasteiger partial charge is 1.00 e. The number of ether oxygens (including phenoxy) is 7. The van der Waals surface area contributed by atoms with Crippen molar-refractivity contribution >= 4 is 47.5 Å². The van der Waals surface area contributed by atoms with Crippen molar-refractivity contribution < 1.29 is 265 Å². The third kappa shape index (κ3) is 26.9. The van der Waals surface area contributed by atoms with Crippen molar-refractivity contribution in [3.63, 3.8) is 0 Å². The maximum absolute atomic E-state index is 12.1. The minimum Gasteiger partial charge on any atom is -0.735 e. The Morgan fingerprint density at radius 1 is 0.649 bits per heavy atom. The number of carboxylic acids is 1. The molecule has 0 saturated carbocycles. The van der Waals surface area contributed by atoms with Gasteiger partial charge in [-0.15, -0.1) is 0 Å². The molecule has 0 spiro atoms. The second-order valence-corrected chi connectivity index (χ2v) is 14.3. The fourth-order valence-corrected chi connectivity index (χ4v) is 6.27. The SMILES string of the molecule is NCCOCCOCCOCCO[C@@H]1O[C@@H](C(=O)[O-])[C@@H](O[C@H]2O[C@H](COS(=O)(=O)[O-])[C@@H](O)[C@H](OS(=O)(=O)[O-])[C@H]2NS(=O)(=O)[O-])[C@H](O)[C@H]1OS(=O)(=O)[O-].[Na+].[Na+].[Na+].[Na+].[Na+]. The maximum Gasteiger partial charge on any atom is 1.00 e. The van der Waals surface area contributed by atoms with E-state index in [2.05, 4.69) is 12.5 Å². The molecule has 10 atom stereocenters. The van der Waals surface area contributed by atoms with Gasteiger partial charge in [0.2, 0.25) is 31.2 Å². The van der Waals surface area contributed by atoms with Gasteiger partial charge >= 0.3 is 148 Å². The number of aliphatic carboxylic acids is 1. The predicted molar refractivity (Wildman–Crippen MR) is 148 cm³/mol. The summed E-state index contributed by atoms with van der Waals surface area (Å²) in [6, 6.07) is -2.73. The van der Waals surface area contributed by atoms with Crippen molar-refractivity contribution in [2.75, 3.05) is 59.4 Å². The number of hydrogen-bond donors (Lipinski definition) is 4. The van der Waals surface area contributed by atoms with Gasteiger partial charge in [0.15, 0.2) is 29.0 Å². The number of carbonyl (C=O) groups is 1. The Morgan fingerprint density at radius 3 is 1.56 bits per heavy atom. The summed E-state index contributed by atoms with van der Waals surface area (Å²) in [5.41, 5.74) is 5.27. The number of rotatable bonds is 24. The number of nitrogens with one attached hydrogen (secondary N) is 1. The first-order valence-electron chi connectivity index (χ1n) is 14.1. The van der Waals surface area contributed by atoms with E-state index in [1.165, 1.54) is 0 Å². The number of carbonyl (C=O) groups excluding carboxylic acids is 1. The molecule has 0 bridgehead atoms. The van der Waals surface area contributed by atoms with E-state index in [0.717, 1.165) is 4.72 Å². The van der Waals surface area contributed by atoms with Crippen LogP contribution in [0.1, 0.15) is 0 Å². The summed E-state index contributed by atoms with van der Waals surface area (Å²) < 4.78 is 186. The quantitative estimate of drug-likeness (QED) is 0.0302. The van der Waals surface area contributed by atoms with Crippen molar-refractivity contribution in [2.24, 2.45) is 5.73 Å². The van der Waals surface area contributed by atoms with Gasteiger partial charge in [-0.2, -0.15) is 0 Å². The zero-order valence-electron chi connectivity index (χ0n) is 31.0. The Bertz CT molecular complexity index is 1590. The zero-order chi connectivity index (χ0) is 39.5. The Morgan fingerprint density at radius 2 is 1.12 bits per heavy atom. The van der Waals surface area contributed by atoms with Crippen molar-refractivity contribution in [1.29, 1.82) is 0 Å². The van der Waals surface area contributed by atoms with Crippen LogP contribution in [0.3, 0.4) is 0 Å². The molecule has 0 unspecified atom stereocenters. The average Bonchev–Trinajstić information content (AvgIpc) is 2.98. The van der Waals surface area contributed by atoms with Crippen molar-refractivity contribution in [3.05, 3.63) is 0 Å². The van der Waals surface area contributed by atoms with E-state index in [9.17, 15) is 72.0 Å². The third-order valence-corrected chi connectivity index (χ3v) is 8.25. The first kappa shape index (κ1) is 67.1. The number of aliphatic hydroxyl groups is 2. The van der Waals surface area contributed by atoms with Crippen LogP contribution in [-0.4, -0.2) is 189 Å². The predicted octanol–water partition coefficient (Wildman–Crippen LogP) is -24.1. The fraction of sp³-hybridized carbons (Fsp3) is 0.950. The molecule has 2 fully saturated rings. The molecule has 0 aliphatic carbocycles. The summed E-state index contributed by atoms with van der Waals surface area (Å²) in [5, 5.41) is 33.6. The van der Waals surface area contributed by atoms with Crippen molar-refractivity contribution in [2.45, 2.75) is 61.3 Å². The number of hydrogen-bond acceptors (Lipinski definition) is 27. The molecule has 2 heterocycles. The standard InChI is InChI=1S/C20H38N2O26S4.5Na/c21-1-2-39-3-4-40-5-6-41-7-8-42-20-16(48-52(36,37)38)13(24)15(17(46-20)18(25)26)45-19-11(22-49(27,28)29)14(47-51(33,34)35)12(23)10(44-19)9-43-50(30,31)32;;;;;/h10-17,19-20,22-24H,1-9,21H2,(H,25,26)(H,27,28,29)(H,30,31,32)(H,33,34,35)(H,36,37,38);;;;;/q;5*+1/p-5/t10-,11-,12-,13+,14-,15+,16-,17-,19-,20-;;;;;/m1...../s1. The summed E-state index contributed by atoms with van der Waals surface area (Å²) in [7, 11) is -23.2. The molecule has 57 heavy (non-hydrogen) atoms. The van der Waals surface area contributed by atoms with Gasteiger partial charge in [0, 0.05) is 6.54 Å². The van der Waals surface area contributed by atoms with E-state index in [1.807, 2.05) is 0 Å². The van der Waals surface area contributed by atoms with Crippen LogP contribution in [0.4, 0.5) is 0 Å². The van der Waals surface area contributed by atoms with Gasteiger partial charge in [-0.1, -0.05) is 0 Å². The molecule has 28 nitrogen and oxygen atoms in total. The molecule has 2 rings (SSSR count). The topological polar surface area (TPSA) is 440 Å². The minimum atomic E-state index is -5.98. The molecule has 2 aliphatic rings. The van der Waals surface area contributed by atoms with Crippen LogP contribution < -0.4 is 163 Å². The molecule has 0 radical (unpaired) electrons. The Balaban J connectivity index is -0.00000281. The first-order chi connectivity index (χ1) is 23.9. The van der Waals surface area contributed by atoms with Crippen LogP contribution in [0.15, 0.2) is 0 Å². The summed E-state index contributed by atoms with van der Waals surface area (Å²) in [5.74, 6) is -2.31. The van der Waals surface area contributed by atoms with Crippen LogP contribution >= 0.6 is 0 Å². The van der Waals surface area contributed by atoms with Crippen molar-refractivity contribution in [3.8, 4) is 0 Å². The smallest absolute Gasteiger partial charge is 0.735 e. The zero-order valence-corrected chi connectivity index (χ0v) is 44.3. The van der Waals surface area contributed by atoms with Gasteiger partial charge in [0.1, 0.15) is 42.7 Å². The summed E-state index contributed by atoms with van der Waals surface area (Å²) >= 11 is 0. The molecule has 0 aromatic carbocycles. The molecular formula is C20H33N2Na5O26S4. The van der Waals surface area contributed by atoms with E-state index in [1.54, 1.807) is 0 Å². The number of aliphatic hydroxyl groups excluding tert-OH is 2. The van der Waals surface area contributed by atoms with E-state index in [4.69, 9.17) is 38.9 Å². The summed E-state index contributed by atoms with van der Waals surface area (Å²) in [6.45, 7) is -1.35. The van der Waals surface area contributed by atoms with Gasteiger partial charge in [-0.05, 0) is 0 Å². The van der Waals surface area contributed by atoms with Gasteiger partial charge in [0.25, 0.3) is 0 Å². The molecule has 0 amide bonds. The fourth-order valence-electron chi connectivity index (χ4n) is 4.41. The van der Waals surface area contributed by atoms with Crippen molar-refractivity contribution in [1.82, 2.24) is 4.72 Å². The Kier molecular flexibility index (Phi) is 37.1. The molecule has 2 aliphatic heterocycles. The van der Waals surface area contributed by atoms with E-state index in [0.29, 0.717) is 13.2 Å². The van der Waals surface area contributed by atoms with Crippen LogP contribution in [0.5, 0.6) is 0 Å². The Labute approximate surface area is 438 Å². The van der Waals surface area contributed by atoms with Gasteiger partial charge in [-0.25, -0.2) is 38.4 Å². The first-order valence-corrected chi connectivity index (χ1v) is 19.5. The van der Waals surface area contributed by atoms with Crippen LogP contribution in [0, 0.1) is 0 Å². The van der Waals surface area contributed by atoms with Gasteiger partial charge in [-0.3, -0.25) is 12.5 Å². The monoisotopic (exact) mass is 960 g/mol. The summed E-state index contributed by atoms with van der Waals surface area (Å²) in [4.78, 5) is 12.1. The minimum absolute atomic E-state index is 0. The molecule has 0 aromatic heterocycles. The van der Waals surface area contributed by atoms with Gasteiger partial charge in [0.05, 0.1) is 58.8 Å². The van der Waals surface area contributed by atoms with Crippen LogP contribution in [0.25, 0.3) is 0 Å². The molecule has 2 saturated heterocycles.